The minimum atomic E-state index is -4.80. The molecule has 1 unspecified atom stereocenters. The topological polar surface area (TPSA) is 67.9 Å². The van der Waals surface area contributed by atoms with Gasteiger partial charge in [0.05, 0.1) is 26.3 Å². The molecule has 0 spiro atoms. The van der Waals surface area contributed by atoms with Crippen LogP contribution in [0.25, 0.3) is 0 Å². The Morgan fingerprint density at radius 3 is 2.18 bits per heavy atom. The number of rotatable bonds is 4. The number of alkyl halides is 3. The van der Waals surface area contributed by atoms with Crippen LogP contribution in [0, 0.1) is 5.92 Å². The molecule has 34 heavy (non-hydrogen) atoms. The Morgan fingerprint density at radius 2 is 1.65 bits per heavy atom. The molecule has 1 saturated carbocycles. The van der Waals surface area contributed by atoms with Gasteiger partial charge in [0.1, 0.15) is 0 Å². The Kier molecular flexibility index (Phi) is 5.59. The number of nitrogens with zero attached hydrogens (tertiary/aromatic N) is 2. The van der Waals surface area contributed by atoms with E-state index in [9.17, 15) is 18.0 Å². The van der Waals surface area contributed by atoms with Crippen molar-refractivity contribution in [2.45, 2.75) is 36.6 Å². The normalized spacial score (nSPS) is 23.9. The summed E-state index contributed by atoms with van der Waals surface area (Å²) in [5.74, 6) is 0.271. The van der Waals surface area contributed by atoms with Crippen molar-refractivity contribution < 1.29 is 22.8 Å². The number of hydrogen-bond donors (Lipinski definition) is 1. The third-order valence-electron chi connectivity index (χ3n) is 6.61. The highest BCUT2D eigenvalue weighted by Gasteiger charge is 2.62. The van der Waals surface area contributed by atoms with Gasteiger partial charge in [-0.25, -0.2) is 0 Å². The zero-order valence-electron chi connectivity index (χ0n) is 17.6. The molecule has 1 amide bonds. The molecular weight excluding hydrogens is 514 g/mol. The number of benzene rings is 2. The fourth-order valence-corrected chi connectivity index (χ4v) is 5.00. The smallest absolute Gasteiger partial charge is 0.374 e. The second kappa shape index (κ2) is 8.01. The van der Waals surface area contributed by atoms with E-state index >= 15 is 0 Å². The third-order valence-corrected chi connectivity index (χ3v) is 7.81. The highest BCUT2D eigenvalue weighted by Crippen LogP contribution is 2.50. The molecule has 5 nitrogen and oxygen atoms in total. The van der Waals surface area contributed by atoms with E-state index in [1.807, 2.05) is 0 Å². The molecule has 2 aromatic rings. The molecule has 2 aromatic carbocycles. The molecule has 2 N–H and O–H groups in total. The summed E-state index contributed by atoms with van der Waals surface area (Å²) in [6.07, 6.45) is -3.51. The Bertz CT molecular complexity index is 1170. The highest BCUT2D eigenvalue weighted by atomic mass is 35.5. The number of likely N-dealkylation sites (tertiary alicyclic amines) is 1. The molecule has 1 saturated heterocycles. The molecule has 1 aliphatic carbocycles. The molecule has 0 bridgehead atoms. The summed E-state index contributed by atoms with van der Waals surface area (Å²) in [6.45, 7) is 0.835. The largest absolute Gasteiger partial charge is 0.435 e. The van der Waals surface area contributed by atoms with Crippen LogP contribution in [-0.4, -0.2) is 35.8 Å². The van der Waals surface area contributed by atoms with Gasteiger partial charge in [0.2, 0.25) is 5.91 Å². The predicted octanol–water partition coefficient (Wildman–Crippen LogP) is 5.64. The second-order valence-corrected chi connectivity index (χ2v) is 10.3. The fourth-order valence-electron chi connectivity index (χ4n) is 4.40. The van der Waals surface area contributed by atoms with Crippen molar-refractivity contribution in [2.24, 2.45) is 16.8 Å². The summed E-state index contributed by atoms with van der Waals surface area (Å²) in [6, 6.07) is 9.00. The molecule has 1 atom stereocenters. The number of halogens is 6. The highest BCUT2D eigenvalue weighted by molar-refractivity contribution is 6.48. The Morgan fingerprint density at radius 1 is 1.06 bits per heavy atom. The monoisotopic (exact) mass is 531 g/mol. The van der Waals surface area contributed by atoms with Crippen LogP contribution < -0.4 is 5.73 Å². The Balaban J connectivity index is 1.36. The minimum absolute atomic E-state index is 0.0387. The van der Waals surface area contributed by atoms with Crippen molar-refractivity contribution in [3.63, 3.8) is 0 Å². The number of oxime groups is 1. The van der Waals surface area contributed by atoms with Crippen molar-refractivity contribution in [1.29, 1.82) is 0 Å². The zero-order valence-corrected chi connectivity index (χ0v) is 19.9. The van der Waals surface area contributed by atoms with Gasteiger partial charge in [-0.3, -0.25) is 4.79 Å². The van der Waals surface area contributed by atoms with E-state index < -0.39 is 23.7 Å². The fraction of sp³-hybridized carbons (Fsp3) is 0.391. The molecule has 0 aromatic heterocycles. The van der Waals surface area contributed by atoms with E-state index in [1.54, 1.807) is 29.2 Å². The number of hydrogen-bond acceptors (Lipinski definition) is 4. The molecule has 180 valence electrons. The van der Waals surface area contributed by atoms with Gasteiger partial charge in [-0.15, -0.1) is 0 Å². The molecule has 11 heteroatoms. The molecule has 0 radical (unpaired) electrons. The van der Waals surface area contributed by atoms with Crippen LogP contribution in [-0.2, 0) is 20.8 Å². The maximum absolute atomic E-state index is 14.2. The van der Waals surface area contributed by atoms with Gasteiger partial charge >= 0.3 is 6.18 Å². The first-order chi connectivity index (χ1) is 15.9. The molecule has 2 heterocycles. The van der Waals surface area contributed by atoms with Crippen molar-refractivity contribution >= 4 is 46.4 Å². The average molecular weight is 533 g/mol. The first-order valence-corrected chi connectivity index (χ1v) is 11.7. The van der Waals surface area contributed by atoms with Crippen LogP contribution >= 0.6 is 34.8 Å². The predicted molar refractivity (Wildman–Crippen MR) is 123 cm³/mol. The average Bonchev–Trinajstić information content (AvgIpc) is 3.51. The van der Waals surface area contributed by atoms with E-state index in [4.69, 9.17) is 45.4 Å². The Hall–Kier alpha value is -2.00. The number of nitrogens with two attached hydrogens (primary N) is 1. The summed E-state index contributed by atoms with van der Waals surface area (Å²) in [5.41, 5.74) is 4.14. The third kappa shape index (κ3) is 3.85. The van der Waals surface area contributed by atoms with Crippen molar-refractivity contribution in [1.82, 2.24) is 4.90 Å². The van der Waals surface area contributed by atoms with E-state index in [2.05, 4.69) is 5.16 Å². The Labute approximate surface area is 208 Å². The van der Waals surface area contributed by atoms with Gasteiger partial charge in [-0.1, -0.05) is 64.2 Å². The van der Waals surface area contributed by atoms with Gasteiger partial charge < -0.3 is 15.5 Å². The molecule has 2 aliphatic heterocycles. The van der Waals surface area contributed by atoms with Crippen LogP contribution in [0.4, 0.5) is 13.2 Å². The van der Waals surface area contributed by atoms with E-state index in [0.29, 0.717) is 18.7 Å². The van der Waals surface area contributed by atoms with E-state index in [-0.39, 0.29) is 38.2 Å². The van der Waals surface area contributed by atoms with E-state index in [0.717, 1.165) is 30.5 Å². The van der Waals surface area contributed by atoms with Crippen LogP contribution in [0.1, 0.15) is 36.0 Å². The van der Waals surface area contributed by atoms with Crippen molar-refractivity contribution in [2.75, 3.05) is 13.1 Å². The number of carbonyl (C=O) groups is 1. The molecule has 2 fully saturated rings. The second-order valence-electron chi connectivity index (χ2n) is 9.09. The molecular formula is C23H19Cl3F3N3O2. The SMILES string of the molecule is NC1(c2ccc(C3=NOC(c4cc(Cl)c(Cl)c(Cl)c4)(C(F)(F)F)C3)cc2)CN(C(=O)C2CC2)C1. The quantitative estimate of drug-likeness (QED) is 0.519. The standard InChI is InChI=1S/C23H19Cl3F3N3O2/c24-16-7-15(8-17(25)19(16)26)22(23(27,28)29)9-18(31-34-22)12-3-5-14(6-4-12)21(30)10-32(11-21)20(33)13-1-2-13/h3-8,13H,1-2,9-11,30H2. The summed E-state index contributed by atoms with van der Waals surface area (Å²) in [7, 11) is 0. The minimum Gasteiger partial charge on any atom is -0.374 e. The molecule has 3 aliphatic rings. The number of carbonyl (C=O) groups excluding carboxylic acids is 1. The first-order valence-electron chi connectivity index (χ1n) is 10.6. The number of amides is 1. The summed E-state index contributed by atoms with van der Waals surface area (Å²) in [5, 5.41) is 3.50. The lowest BCUT2D eigenvalue weighted by atomic mass is 9.82. The maximum atomic E-state index is 14.2. The van der Waals surface area contributed by atoms with E-state index in [1.165, 1.54) is 0 Å². The zero-order chi connectivity index (χ0) is 24.5. The summed E-state index contributed by atoms with van der Waals surface area (Å²) >= 11 is 17.9. The van der Waals surface area contributed by atoms with Gasteiger partial charge in [0, 0.05) is 31.0 Å². The van der Waals surface area contributed by atoms with Gasteiger partial charge in [0.25, 0.3) is 5.60 Å². The van der Waals surface area contributed by atoms with Crippen molar-refractivity contribution in [3.05, 3.63) is 68.2 Å². The maximum Gasteiger partial charge on any atom is 0.435 e. The van der Waals surface area contributed by atoms with Gasteiger partial charge in [0.15, 0.2) is 0 Å². The lowest BCUT2D eigenvalue weighted by Gasteiger charge is -2.48. The van der Waals surface area contributed by atoms with Crippen LogP contribution in [0.3, 0.4) is 0 Å². The first kappa shape index (κ1) is 23.7. The van der Waals surface area contributed by atoms with Crippen LogP contribution in [0.5, 0.6) is 0 Å². The lowest BCUT2D eigenvalue weighted by molar-refractivity contribution is -0.275. The summed E-state index contributed by atoms with van der Waals surface area (Å²) in [4.78, 5) is 19.0. The van der Waals surface area contributed by atoms with Crippen molar-refractivity contribution in [3.8, 4) is 0 Å². The molecule has 5 rings (SSSR count). The lowest BCUT2D eigenvalue weighted by Crippen LogP contribution is -2.66. The van der Waals surface area contributed by atoms with Gasteiger partial charge in [-0.2, -0.15) is 13.2 Å². The summed E-state index contributed by atoms with van der Waals surface area (Å²) < 4.78 is 42.7. The van der Waals surface area contributed by atoms with Gasteiger partial charge in [-0.05, 0) is 36.1 Å². The van der Waals surface area contributed by atoms with Crippen LogP contribution in [0.15, 0.2) is 41.6 Å². The van der Waals surface area contributed by atoms with Crippen LogP contribution in [0.2, 0.25) is 15.1 Å².